The van der Waals surface area contributed by atoms with Gasteiger partial charge in [0, 0.05) is 32.8 Å². The molecule has 10 aromatic carbocycles. The number of rotatable bonds is 6. The van der Waals surface area contributed by atoms with E-state index in [0.717, 1.165) is 77.6 Å². The zero-order valence-corrected chi connectivity index (χ0v) is 32.0. The lowest BCUT2D eigenvalue weighted by atomic mass is 9.95. The highest BCUT2D eigenvalue weighted by molar-refractivity contribution is 6.13. The molecule has 0 unspecified atom stereocenters. The second-order valence-corrected chi connectivity index (χ2v) is 15.3. The van der Waals surface area contributed by atoms with Gasteiger partial charge in [0.15, 0.2) is 5.58 Å². The summed E-state index contributed by atoms with van der Waals surface area (Å²) in [5.74, 6) is 0. The fourth-order valence-electron chi connectivity index (χ4n) is 9.01. The standard InChI is InChI=1S/C56H35NO2/c1-2-14-40-35-55-50(33-39(40)13-1)49-34-42(28-31-54(49)58-55)46-19-5-7-23-51(46)57(52-24-11-22-48-47-20-6-8-25-53(47)59-56(48)52)43-29-26-36(27-30-43)38-16-9-17-41(32-38)45-21-10-15-37-12-3-4-18-44(37)45/h1-35H. The SMILES string of the molecule is c1cc(-c2ccc(N(c3ccccc3-c3ccc4oc5cc6ccccc6cc5c4c3)c3cccc4c3oc3ccccc34)cc2)cc(-c2cccc3ccccc23)c1. The maximum atomic E-state index is 6.71. The van der Waals surface area contributed by atoms with Crippen molar-refractivity contribution in [1.82, 2.24) is 0 Å². The lowest BCUT2D eigenvalue weighted by Crippen LogP contribution is -2.11. The van der Waals surface area contributed by atoms with Gasteiger partial charge in [0.25, 0.3) is 0 Å². The maximum Gasteiger partial charge on any atom is 0.159 e. The first-order valence-electron chi connectivity index (χ1n) is 20.1. The summed E-state index contributed by atoms with van der Waals surface area (Å²) in [6.07, 6.45) is 0. The molecule has 12 aromatic rings. The molecule has 2 heterocycles. The van der Waals surface area contributed by atoms with Crippen molar-refractivity contribution in [3.8, 4) is 33.4 Å². The molecule has 0 atom stereocenters. The molecule has 12 rings (SSSR count). The predicted molar refractivity (Wildman–Crippen MR) is 247 cm³/mol. The van der Waals surface area contributed by atoms with Gasteiger partial charge in [-0.05, 0) is 110 Å². The number of furan rings is 2. The lowest BCUT2D eigenvalue weighted by Gasteiger charge is -2.28. The molecule has 0 N–H and O–H groups in total. The van der Waals surface area contributed by atoms with E-state index in [9.17, 15) is 0 Å². The minimum atomic E-state index is 0.846. The van der Waals surface area contributed by atoms with Crippen LogP contribution in [0.25, 0.3) is 98.8 Å². The molecule has 0 bridgehead atoms. The third-order valence-electron chi connectivity index (χ3n) is 11.8. The summed E-state index contributed by atoms with van der Waals surface area (Å²) in [6.45, 7) is 0. The van der Waals surface area contributed by atoms with Crippen LogP contribution in [0, 0.1) is 0 Å². The van der Waals surface area contributed by atoms with Gasteiger partial charge in [-0.25, -0.2) is 0 Å². The van der Waals surface area contributed by atoms with Crippen molar-refractivity contribution in [3.63, 3.8) is 0 Å². The molecule has 0 aliphatic heterocycles. The van der Waals surface area contributed by atoms with Crippen LogP contribution in [-0.4, -0.2) is 0 Å². The topological polar surface area (TPSA) is 29.5 Å². The van der Waals surface area contributed by atoms with Crippen LogP contribution >= 0.6 is 0 Å². The fraction of sp³-hybridized carbons (Fsp3) is 0. The zero-order valence-electron chi connectivity index (χ0n) is 32.0. The van der Waals surface area contributed by atoms with Crippen molar-refractivity contribution in [2.24, 2.45) is 0 Å². The van der Waals surface area contributed by atoms with E-state index in [1.54, 1.807) is 0 Å². The van der Waals surface area contributed by atoms with Gasteiger partial charge < -0.3 is 13.7 Å². The van der Waals surface area contributed by atoms with Crippen molar-refractivity contribution < 1.29 is 8.83 Å². The number of hydrogen-bond acceptors (Lipinski definition) is 3. The van der Waals surface area contributed by atoms with E-state index in [-0.39, 0.29) is 0 Å². The van der Waals surface area contributed by atoms with Crippen LogP contribution in [0.4, 0.5) is 17.1 Å². The first-order valence-corrected chi connectivity index (χ1v) is 20.1. The average molecular weight is 754 g/mol. The Hall–Kier alpha value is -7.88. The quantitative estimate of drug-likeness (QED) is 0.169. The average Bonchev–Trinajstić information content (AvgIpc) is 3.86. The molecule has 3 nitrogen and oxygen atoms in total. The van der Waals surface area contributed by atoms with Crippen LogP contribution in [0.5, 0.6) is 0 Å². The fourth-order valence-corrected chi connectivity index (χ4v) is 9.01. The third kappa shape index (κ3) is 5.51. The zero-order chi connectivity index (χ0) is 38.9. The van der Waals surface area contributed by atoms with Gasteiger partial charge in [-0.15, -0.1) is 0 Å². The Morgan fingerprint density at radius 1 is 0.288 bits per heavy atom. The molecular formula is C56H35NO2. The van der Waals surface area contributed by atoms with Crippen molar-refractivity contribution in [2.75, 3.05) is 4.90 Å². The van der Waals surface area contributed by atoms with Gasteiger partial charge in [-0.2, -0.15) is 0 Å². The van der Waals surface area contributed by atoms with Crippen molar-refractivity contribution in [3.05, 3.63) is 212 Å². The Balaban J connectivity index is 1.02. The largest absolute Gasteiger partial charge is 0.456 e. The molecule has 0 saturated heterocycles. The molecule has 0 amide bonds. The van der Waals surface area contributed by atoms with E-state index in [1.807, 2.05) is 12.1 Å². The number of nitrogens with zero attached hydrogens (tertiary/aromatic N) is 1. The third-order valence-corrected chi connectivity index (χ3v) is 11.8. The Bertz CT molecular complexity index is 3570. The highest BCUT2D eigenvalue weighted by Gasteiger charge is 2.22. The predicted octanol–water partition coefficient (Wildman–Crippen LogP) is 16.3. The number of para-hydroxylation sites is 3. The summed E-state index contributed by atoms with van der Waals surface area (Å²) in [5, 5.41) is 9.26. The van der Waals surface area contributed by atoms with Gasteiger partial charge in [0.2, 0.25) is 0 Å². The van der Waals surface area contributed by atoms with E-state index in [2.05, 4.69) is 205 Å². The number of hydrogen-bond donors (Lipinski definition) is 0. The lowest BCUT2D eigenvalue weighted by molar-refractivity contribution is 0.669. The van der Waals surface area contributed by atoms with Gasteiger partial charge in [0.1, 0.15) is 16.7 Å². The van der Waals surface area contributed by atoms with Crippen molar-refractivity contribution in [1.29, 1.82) is 0 Å². The van der Waals surface area contributed by atoms with Crippen LogP contribution in [0.3, 0.4) is 0 Å². The van der Waals surface area contributed by atoms with Crippen LogP contribution in [0.1, 0.15) is 0 Å². The number of anilines is 3. The van der Waals surface area contributed by atoms with E-state index in [0.29, 0.717) is 0 Å². The maximum absolute atomic E-state index is 6.71. The van der Waals surface area contributed by atoms with Gasteiger partial charge >= 0.3 is 0 Å². The van der Waals surface area contributed by atoms with Gasteiger partial charge in [0.05, 0.1) is 11.4 Å². The first-order chi connectivity index (χ1) is 29.2. The summed E-state index contributed by atoms with van der Waals surface area (Å²) in [7, 11) is 0. The molecule has 276 valence electrons. The smallest absolute Gasteiger partial charge is 0.159 e. The van der Waals surface area contributed by atoms with E-state index >= 15 is 0 Å². The molecular weight excluding hydrogens is 719 g/mol. The van der Waals surface area contributed by atoms with E-state index in [4.69, 9.17) is 8.83 Å². The van der Waals surface area contributed by atoms with Crippen LogP contribution in [0.15, 0.2) is 221 Å². The summed E-state index contributed by atoms with van der Waals surface area (Å²) < 4.78 is 13.1. The summed E-state index contributed by atoms with van der Waals surface area (Å²) >= 11 is 0. The molecule has 2 aromatic heterocycles. The molecule has 0 spiro atoms. The molecule has 0 fully saturated rings. The highest BCUT2D eigenvalue weighted by Crippen LogP contribution is 2.46. The second kappa shape index (κ2) is 13.4. The molecule has 0 aliphatic rings. The number of benzene rings is 10. The second-order valence-electron chi connectivity index (χ2n) is 15.3. The Morgan fingerprint density at radius 2 is 0.881 bits per heavy atom. The molecule has 0 aliphatic carbocycles. The van der Waals surface area contributed by atoms with Gasteiger partial charge in [-0.3, -0.25) is 0 Å². The minimum Gasteiger partial charge on any atom is -0.456 e. The number of fused-ring (bicyclic) bond motifs is 8. The Labute approximate surface area is 340 Å². The molecule has 0 saturated carbocycles. The Morgan fingerprint density at radius 3 is 1.78 bits per heavy atom. The molecule has 59 heavy (non-hydrogen) atoms. The van der Waals surface area contributed by atoms with Crippen LogP contribution < -0.4 is 4.90 Å². The highest BCUT2D eigenvalue weighted by atomic mass is 16.3. The Kier molecular flexibility index (Phi) is 7.54. The normalized spacial score (nSPS) is 11.7. The van der Waals surface area contributed by atoms with Crippen molar-refractivity contribution >= 4 is 82.5 Å². The summed E-state index contributed by atoms with van der Waals surface area (Å²) in [6, 6.07) is 75.8. The minimum absolute atomic E-state index is 0.846. The summed E-state index contributed by atoms with van der Waals surface area (Å²) in [5.41, 5.74) is 13.5. The first kappa shape index (κ1) is 33.3. The summed E-state index contributed by atoms with van der Waals surface area (Å²) in [4.78, 5) is 2.35. The van der Waals surface area contributed by atoms with E-state index in [1.165, 1.54) is 38.2 Å². The van der Waals surface area contributed by atoms with E-state index < -0.39 is 0 Å². The van der Waals surface area contributed by atoms with Crippen LogP contribution in [-0.2, 0) is 0 Å². The van der Waals surface area contributed by atoms with Gasteiger partial charge in [-0.1, -0.05) is 152 Å². The molecule has 3 heteroatoms. The molecule has 0 radical (unpaired) electrons. The van der Waals surface area contributed by atoms with Crippen LogP contribution in [0.2, 0.25) is 0 Å². The monoisotopic (exact) mass is 753 g/mol. The van der Waals surface area contributed by atoms with Crippen molar-refractivity contribution in [2.45, 2.75) is 0 Å².